The lowest BCUT2D eigenvalue weighted by Crippen LogP contribution is -2.00. The van der Waals surface area contributed by atoms with Gasteiger partial charge in [-0.1, -0.05) is 23.9 Å². The highest BCUT2D eigenvalue weighted by Crippen LogP contribution is 2.34. The number of aliphatic hydroxyl groups is 1. The average Bonchev–Trinajstić information content (AvgIpc) is 2.16. The third-order valence-electron chi connectivity index (χ3n) is 1.91. The minimum Gasteiger partial charge on any atom is -0.497 e. The van der Waals surface area contributed by atoms with E-state index in [0.29, 0.717) is 0 Å². The molecule has 1 aliphatic rings. The lowest BCUT2D eigenvalue weighted by atomic mass is 10.2. The van der Waals surface area contributed by atoms with Crippen LogP contribution in [0, 0.1) is 0 Å². The zero-order valence-electron chi connectivity index (χ0n) is 7.23. The molecule has 1 N–H and O–H groups in total. The molecule has 1 atom stereocenters. The first-order valence-corrected chi connectivity index (χ1v) is 4.88. The first kappa shape index (κ1) is 8.66. The molecule has 0 aromatic heterocycles. The molecule has 0 saturated heterocycles. The Morgan fingerprint density at radius 2 is 2.31 bits per heavy atom. The Morgan fingerprint density at radius 1 is 1.46 bits per heavy atom. The van der Waals surface area contributed by atoms with E-state index >= 15 is 0 Å². The van der Waals surface area contributed by atoms with Gasteiger partial charge in [-0.05, 0) is 23.8 Å². The van der Waals surface area contributed by atoms with E-state index in [1.807, 2.05) is 24.3 Å². The maximum Gasteiger partial charge on any atom is 0.123 e. The van der Waals surface area contributed by atoms with E-state index in [9.17, 15) is 5.11 Å². The monoisotopic (exact) mass is 194 g/mol. The third kappa shape index (κ3) is 1.71. The highest BCUT2D eigenvalue weighted by molar-refractivity contribution is 8.00. The normalized spacial score (nSPS) is 19.7. The molecule has 0 fully saturated rings. The fourth-order valence-corrected chi connectivity index (χ4v) is 2.11. The van der Waals surface area contributed by atoms with Crippen LogP contribution in [0.25, 0.3) is 6.08 Å². The number of hydrogen-bond donors (Lipinski definition) is 1. The van der Waals surface area contributed by atoms with E-state index in [-0.39, 0.29) is 0 Å². The minimum atomic E-state index is -0.431. The maximum absolute atomic E-state index is 9.35. The molecule has 1 heterocycles. The van der Waals surface area contributed by atoms with Gasteiger partial charge in [0.25, 0.3) is 0 Å². The van der Waals surface area contributed by atoms with Gasteiger partial charge in [-0.15, -0.1) is 0 Å². The fourth-order valence-electron chi connectivity index (χ4n) is 1.24. The van der Waals surface area contributed by atoms with Crippen molar-refractivity contribution in [3.8, 4) is 5.75 Å². The first-order valence-electron chi connectivity index (χ1n) is 4.00. The van der Waals surface area contributed by atoms with Crippen LogP contribution in [0.3, 0.4) is 0 Å². The number of methoxy groups -OCH3 is 1. The summed E-state index contributed by atoms with van der Waals surface area (Å²) >= 11 is 1.43. The Hall–Kier alpha value is -0.930. The van der Waals surface area contributed by atoms with Crippen LogP contribution in [0.4, 0.5) is 0 Å². The lowest BCUT2D eigenvalue weighted by molar-refractivity contribution is 0.310. The molecule has 68 valence electrons. The van der Waals surface area contributed by atoms with Gasteiger partial charge in [0, 0.05) is 4.90 Å². The molecule has 2 rings (SSSR count). The zero-order valence-corrected chi connectivity index (χ0v) is 8.04. The fraction of sp³-hybridized carbons (Fsp3) is 0.200. The number of fused-ring (bicyclic) bond motifs is 1. The van der Waals surface area contributed by atoms with Crippen LogP contribution in [-0.2, 0) is 0 Å². The Labute approximate surface area is 81.2 Å². The van der Waals surface area contributed by atoms with Crippen molar-refractivity contribution in [1.29, 1.82) is 0 Å². The highest BCUT2D eigenvalue weighted by Gasteiger charge is 2.11. The topological polar surface area (TPSA) is 29.5 Å². The van der Waals surface area contributed by atoms with Crippen molar-refractivity contribution in [2.24, 2.45) is 0 Å². The standard InChI is InChI=1S/C10H10O2S/c1-12-8-4-2-7-3-5-10(11)13-9(7)6-8/h2-6,10-11H,1H3. The lowest BCUT2D eigenvalue weighted by Gasteiger charge is -2.14. The van der Waals surface area contributed by atoms with Gasteiger partial charge in [0.1, 0.15) is 11.2 Å². The third-order valence-corrected chi connectivity index (χ3v) is 2.91. The Balaban J connectivity index is 2.40. The van der Waals surface area contributed by atoms with Gasteiger partial charge < -0.3 is 9.84 Å². The molecule has 1 unspecified atom stereocenters. The van der Waals surface area contributed by atoms with Crippen molar-refractivity contribution in [3.05, 3.63) is 29.8 Å². The molecule has 3 heteroatoms. The molecule has 1 aromatic carbocycles. The smallest absolute Gasteiger partial charge is 0.123 e. The summed E-state index contributed by atoms with van der Waals surface area (Å²) < 4.78 is 5.10. The van der Waals surface area contributed by atoms with E-state index in [4.69, 9.17) is 4.74 Å². The van der Waals surface area contributed by atoms with Gasteiger partial charge in [0.2, 0.25) is 0 Å². The minimum absolute atomic E-state index is 0.431. The molecular weight excluding hydrogens is 184 g/mol. The summed E-state index contributed by atoms with van der Waals surface area (Å²) in [7, 11) is 1.64. The molecule has 0 saturated carbocycles. The molecular formula is C10H10O2S. The van der Waals surface area contributed by atoms with Gasteiger partial charge in [-0.3, -0.25) is 0 Å². The second kappa shape index (κ2) is 3.44. The van der Waals surface area contributed by atoms with E-state index in [1.165, 1.54) is 11.8 Å². The molecule has 1 aliphatic heterocycles. The van der Waals surface area contributed by atoms with Crippen LogP contribution >= 0.6 is 11.8 Å². The van der Waals surface area contributed by atoms with Gasteiger partial charge in [-0.25, -0.2) is 0 Å². The molecule has 0 bridgehead atoms. The molecule has 2 nitrogen and oxygen atoms in total. The van der Waals surface area contributed by atoms with Crippen LogP contribution in [0.5, 0.6) is 5.75 Å². The van der Waals surface area contributed by atoms with Crippen LogP contribution in [-0.4, -0.2) is 17.7 Å². The Bertz CT molecular complexity index is 347. The molecule has 1 aromatic rings. The number of benzene rings is 1. The number of hydrogen-bond acceptors (Lipinski definition) is 3. The molecule has 0 amide bonds. The number of rotatable bonds is 1. The van der Waals surface area contributed by atoms with Crippen molar-refractivity contribution in [2.75, 3.05) is 7.11 Å². The van der Waals surface area contributed by atoms with Gasteiger partial charge in [0.15, 0.2) is 0 Å². The average molecular weight is 194 g/mol. The summed E-state index contributed by atoms with van der Waals surface area (Å²) in [4.78, 5) is 1.06. The van der Waals surface area contributed by atoms with Crippen LogP contribution in [0.15, 0.2) is 29.2 Å². The predicted molar refractivity (Wildman–Crippen MR) is 53.9 cm³/mol. The highest BCUT2D eigenvalue weighted by atomic mass is 32.2. The SMILES string of the molecule is COc1ccc2c(c1)SC(O)C=C2. The number of aliphatic hydroxyl groups excluding tert-OH is 1. The largest absolute Gasteiger partial charge is 0.497 e. The van der Waals surface area contributed by atoms with Crippen LogP contribution < -0.4 is 4.74 Å². The van der Waals surface area contributed by atoms with Gasteiger partial charge in [-0.2, -0.15) is 0 Å². The van der Waals surface area contributed by atoms with E-state index < -0.39 is 5.44 Å². The Kier molecular flexibility index (Phi) is 2.29. The van der Waals surface area contributed by atoms with Crippen molar-refractivity contribution in [3.63, 3.8) is 0 Å². The molecule has 13 heavy (non-hydrogen) atoms. The number of ether oxygens (including phenoxy) is 1. The zero-order chi connectivity index (χ0) is 9.26. The van der Waals surface area contributed by atoms with Crippen LogP contribution in [0.1, 0.15) is 5.56 Å². The van der Waals surface area contributed by atoms with Crippen molar-refractivity contribution in [1.82, 2.24) is 0 Å². The maximum atomic E-state index is 9.35. The number of thioether (sulfide) groups is 1. The second-order valence-corrected chi connectivity index (χ2v) is 3.93. The first-order chi connectivity index (χ1) is 6.29. The summed E-state index contributed by atoms with van der Waals surface area (Å²) in [6.07, 6.45) is 3.70. The van der Waals surface area contributed by atoms with Crippen molar-refractivity contribution >= 4 is 17.8 Å². The van der Waals surface area contributed by atoms with Gasteiger partial charge in [0.05, 0.1) is 7.11 Å². The van der Waals surface area contributed by atoms with Crippen molar-refractivity contribution in [2.45, 2.75) is 10.3 Å². The van der Waals surface area contributed by atoms with E-state index in [2.05, 4.69) is 0 Å². The summed E-state index contributed by atoms with van der Waals surface area (Å²) in [5.74, 6) is 0.828. The quantitative estimate of drug-likeness (QED) is 0.742. The van der Waals surface area contributed by atoms with E-state index in [1.54, 1.807) is 13.2 Å². The van der Waals surface area contributed by atoms with E-state index in [0.717, 1.165) is 16.2 Å². The summed E-state index contributed by atoms with van der Waals surface area (Å²) in [5, 5.41) is 9.35. The van der Waals surface area contributed by atoms with Crippen LogP contribution in [0.2, 0.25) is 0 Å². The van der Waals surface area contributed by atoms with Crippen molar-refractivity contribution < 1.29 is 9.84 Å². The molecule has 0 spiro atoms. The summed E-state index contributed by atoms with van der Waals surface area (Å²) in [6, 6.07) is 5.84. The summed E-state index contributed by atoms with van der Waals surface area (Å²) in [5.41, 5.74) is 0.704. The molecule has 0 aliphatic carbocycles. The summed E-state index contributed by atoms with van der Waals surface area (Å²) in [6.45, 7) is 0. The van der Waals surface area contributed by atoms with Gasteiger partial charge >= 0.3 is 0 Å². The second-order valence-electron chi connectivity index (χ2n) is 2.77. The Morgan fingerprint density at radius 3 is 3.08 bits per heavy atom. The predicted octanol–water partition coefficient (Wildman–Crippen LogP) is 2.13. The molecule has 0 radical (unpaired) electrons.